The second-order valence-electron chi connectivity index (χ2n) is 8.96. The fraction of sp³-hybridized carbons (Fsp3) is 0.609. The Morgan fingerprint density at radius 2 is 1.95 bits per heavy atom. The number of methoxy groups -OCH3 is 1. The normalized spacial score (nSPS) is 16.1. The third kappa shape index (κ3) is 8.32. The first-order valence-corrected chi connectivity index (χ1v) is 14.8. The number of carbonyl (C=O) groups excluding carboxylic acids is 1. The van der Waals surface area contributed by atoms with Crippen LogP contribution in [0.1, 0.15) is 55.4 Å². The molecule has 2 heterocycles. The third-order valence-corrected chi connectivity index (χ3v) is 8.12. The lowest BCUT2D eigenvalue weighted by molar-refractivity contribution is -0.106. The SMILES string of the molecule is CCC(CC)N1c2cc(NS(=O)(=O)CC(F)(F)F)c(N=Nc3nnc(C(=O)OCCOC)s3)cc2CCC1C. The van der Waals surface area contributed by atoms with Crippen LogP contribution < -0.4 is 9.62 Å². The van der Waals surface area contributed by atoms with Crippen LogP contribution in [0.15, 0.2) is 22.4 Å². The predicted octanol–water partition coefficient (Wildman–Crippen LogP) is 5.39. The lowest BCUT2D eigenvalue weighted by atomic mass is 9.92. The standard InChI is InChI=1S/C23H31F3N6O5S2/c1-5-16(6-2)32-14(3)7-8-15-11-17(18(12-19(15)32)31-39(34,35)13-23(24,25)26)27-29-22-30-28-20(38-22)21(33)37-10-9-36-4/h11-12,14,16,31H,5-10,13H2,1-4H3. The van der Waals surface area contributed by atoms with E-state index in [1.807, 2.05) is 18.6 Å². The number of benzene rings is 1. The summed E-state index contributed by atoms with van der Waals surface area (Å²) in [6.45, 7) is 6.39. The molecule has 3 rings (SSSR count). The van der Waals surface area contributed by atoms with Crippen molar-refractivity contribution in [2.24, 2.45) is 10.2 Å². The molecular formula is C23H31F3N6O5S2. The monoisotopic (exact) mass is 592 g/mol. The highest BCUT2D eigenvalue weighted by atomic mass is 32.2. The first-order valence-electron chi connectivity index (χ1n) is 12.3. The zero-order valence-electron chi connectivity index (χ0n) is 22.0. The zero-order valence-corrected chi connectivity index (χ0v) is 23.6. The maximum Gasteiger partial charge on any atom is 0.404 e. The number of alkyl halides is 3. The summed E-state index contributed by atoms with van der Waals surface area (Å²) in [6, 6.07) is 3.45. The number of hydrogen-bond acceptors (Lipinski definition) is 11. The second kappa shape index (κ2) is 13.0. The van der Waals surface area contributed by atoms with Gasteiger partial charge in [-0.05, 0) is 50.3 Å². The summed E-state index contributed by atoms with van der Waals surface area (Å²) in [6.07, 6.45) is -1.75. The van der Waals surface area contributed by atoms with Gasteiger partial charge in [-0.15, -0.1) is 20.4 Å². The van der Waals surface area contributed by atoms with Crippen molar-refractivity contribution in [1.82, 2.24) is 10.2 Å². The van der Waals surface area contributed by atoms with Gasteiger partial charge in [0.05, 0.1) is 12.3 Å². The number of sulfonamides is 1. The molecule has 0 radical (unpaired) electrons. The van der Waals surface area contributed by atoms with Crippen molar-refractivity contribution >= 4 is 49.5 Å². The Balaban J connectivity index is 1.99. The third-order valence-electron chi connectivity index (χ3n) is 6.09. The largest absolute Gasteiger partial charge is 0.458 e. The van der Waals surface area contributed by atoms with E-state index in [4.69, 9.17) is 9.47 Å². The Labute approximate surface area is 228 Å². The summed E-state index contributed by atoms with van der Waals surface area (Å²) < 4.78 is 75.5. The lowest BCUT2D eigenvalue weighted by Crippen LogP contribution is -2.44. The van der Waals surface area contributed by atoms with E-state index in [0.29, 0.717) is 6.42 Å². The molecule has 2 aromatic rings. The summed E-state index contributed by atoms with van der Waals surface area (Å²) in [5.74, 6) is -2.78. The Morgan fingerprint density at radius 1 is 1.23 bits per heavy atom. The average Bonchev–Trinajstić information content (AvgIpc) is 3.32. The van der Waals surface area contributed by atoms with E-state index in [1.165, 1.54) is 13.2 Å². The number of carbonyl (C=O) groups is 1. The number of halogens is 3. The van der Waals surface area contributed by atoms with Crippen molar-refractivity contribution in [3.8, 4) is 0 Å². The first kappa shape index (κ1) is 30.7. The van der Waals surface area contributed by atoms with Crippen molar-refractivity contribution in [1.29, 1.82) is 0 Å². The van der Waals surface area contributed by atoms with Gasteiger partial charge >= 0.3 is 12.1 Å². The molecule has 1 aromatic carbocycles. The molecule has 1 unspecified atom stereocenters. The summed E-state index contributed by atoms with van der Waals surface area (Å²) >= 11 is 0.791. The Morgan fingerprint density at radius 3 is 2.59 bits per heavy atom. The number of azo groups is 1. The molecule has 1 aliphatic heterocycles. The van der Waals surface area contributed by atoms with Gasteiger partial charge in [-0.3, -0.25) is 4.72 Å². The van der Waals surface area contributed by atoms with Crippen LogP contribution in [0.4, 0.5) is 35.4 Å². The van der Waals surface area contributed by atoms with Gasteiger partial charge in [-0.1, -0.05) is 25.2 Å². The highest BCUT2D eigenvalue weighted by molar-refractivity contribution is 7.92. The molecule has 0 saturated carbocycles. The molecule has 0 fully saturated rings. The molecule has 0 amide bonds. The fourth-order valence-electron chi connectivity index (χ4n) is 4.34. The maximum atomic E-state index is 12.9. The number of rotatable bonds is 12. The van der Waals surface area contributed by atoms with Gasteiger partial charge in [-0.25, -0.2) is 13.2 Å². The quantitative estimate of drug-likeness (QED) is 0.197. The van der Waals surface area contributed by atoms with Crippen LogP contribution in [0.5, 0.6) is 0 Å². The van der Waals surface area contributed by atoms with E-state index in [9.17, 15) is 26.4 Å². The summed E-state index contributed by atoms with van der Waals surface area (Å²) in [5.41, 5.74) is 1.48. The van der Waals surface area contributed by atoms with E-state index in [0.717, 1.165) is 41.9 Å². The topological polar surface area (TPSA) is 135 Å². The highest BCUT2D eigenvalue weighted by Gasteiger charge is 2.36. The number of hydrogen-bond donors (Lipinski definition) is 1. The van der Waals surface area contributed by atoms with Gasteiger partial charge in [0, 0.05) is 24.9 Å². The van der Waals surface area contributed by atoms with Gasteiger partial charge < -0.3 is 14.4 Å². The van der Waals surface area contributed by atoms with Gasteiger partial charge in [0.2, 0.25) is 15.0 Å². The second-order valence-corrected chi connectivity index (χ2v) is 11.6. The summed E-state index contributed by atoms with van der Waals surface area (Å²) in [7, 11) is -3.34. The van der Waals surface area contributed by atoms with Crippen LogP contribution in [0.25, 0.3) is 0 Å². The van der Waals surface area contributed by atoms with Crippen molar-refractivity contribution in [3.63, 3.8) is 0 Å². The Hall–Kier alpha value is -2.85. The molecule has 0 aliphatic carbocycles. The minimum atomic E-state index is -4.93. The predicted molar refractivity (Wildman–Crippen MR) is 141 cm³/mol. The molecule has 0 bridgehead atoms. The number of esters is 1. The summed E-state index contributed by atoms with van der Waals surface area (Å²) in [5, 5.41) is 15.4. The molecule has 1 atom stereocenters. The molecule has 0 spiro atoms. The van der Waals surface area contributed by atoms with E-state index >= 15 is 0 Å². The van der Waals surface area contributed by atoms with Crippen LogP contribution in [-0.4, -0.2) is 68.9 Å². The highest BCUT2D eigenvalue weighted by Crippen LogP contribution is 2.41. The Bertz CT molecular complexity index is 1280. The van der Waals surface area contributed by atoms with Crippen molar-refractivity contribution in [2.45, 2.75) is 64.7 Å². The number of nitrogens with zero attached hydrogens (tertiary/aromatic N) is 5. The number of aryl methyl sites for hydroxylation is 1. The van der Waals surface area contributed by atoms with Crippen molar-refractivity contribution in [2.75, 3.05) is 35.7 Å². The molecule has 39 heavy (non-hydrogen) atoms. The van der Waals surface area contributed by atoms with Crippen LogP contribution in [0.2, 0.25) is 0 Å². The summed E-state index contributed by atoms with van der Waals surface area (Å²) in [4.78, 5) is 14.2. The van der Waals surface area contributed by atoms with Gasteiger partial charge in [-0.2, -0.15) is 13.2 Å². The number of anilines is 2. The van der Waals surface area contributed by atoms with Gasteiger partial charge in [0.1, 0.15) is 12.3 Å². The van der Waals surface area contributed by atoms with E-state index < -0.39 is 27.9 Å². The Kier molecular flexibility index (Phi) is 10.2. The lowest BCUT2D eigenvalue weighted by Gasteiger charge is -2.42. The van der Waals surface area contributed by atoms with Crippen molar-refractivity contribution in [3.05, 3.63) is 22.7 Å². The molecule has 1 aromatic heterocycles. The van der Waals surface area contributed by atoms with E-state index in [-0.39, 0.29) is 46.8 Å². The fourth-order valence-corrected chi connectivity index (χ4v) is 5.90. The van der Waals surface area contributed by atoms with E-state index in [2.05, 4.69) is 32.2 Å². The molecule has 216 valence electrons. The van der Waals surface area contributed by atoms with Crippen molar-refractivity contribution < 1.29 is 35.9 Å². The molecule has 1 aliphatic rings. The molecule has 0 saturated heterocycles. The molecule has 1 N–H and O–H groups in total. The van der Waals surface area contributed by atoms with Gasteiger partial charge in [0.15, 0.2) is 5.75 Å². The van der Waals surface area contributed by atoms with Crippen LogP contribution >= 0.6 is 11.3 Å². The number of fused-ring (bicyclic) bond motifs is 1. The first-order chi connectivity index (χ1) is 18.4. The molecule has 16 heteroatoms. The number of nitrogens with one attached hydrogen (secondary N) is 1. The van der Waals surface area contributed by atoms with E-state index in [1.54, 1.807) is 6.07 Å². The average molecular weight is 593 g/mol. The number of aromatic nitrogens is 2. The number of ether oxygens (including phenoxy) is 2. The zero-order chi connectivity index (χ0) is 28.8. The smallest absolute Gasteiger partial charge is 0.404 e. The minimum absolute atomic E-state index is 0.0120. The minimum Gasteiger partial charge on any atom is -0.458 e. The van der Waals surface area contributed by atoms with Crippen LogP contribution in [0.3, 0.4) is 0 Å². The molecular weight excluding hydrogens is 561 g/mol. The van der Waals surface area contributed by atoms with Gasteiger partial charge in [0.25, 0.3) is 5.13 Å². The maximum absolute atomic E-state index is 12.9. The van der Waals surface area contributed by atoms with Crippen LogP contribution in [0, 0.1) is 0 Å². The van der Waals surface area contributed by atoms with Crippen LogP contribution in [-0.2, 0) is 25.9 Å². The molecule has 11 nitrogen and oxygen atoms in total.